The Morgan fingerprint density at radius 3 is 2.78 bits per heavy atom. The van der Waals surface area contributed by atoms with Gasteiger partial charge < -0.3 is 10.0 Å². The fourth-order valence-corrected chi connectivity index (χ4v) is 3.32. The molecule has 0 amide bonds. The summed E-state index contributed by atoms with van der Waals surface area (Å²) in [6.45, 7) is 2.12. The zero-order chi connectivity index (χ0) is 12.5. The van der Waals surface area contributed by atoms with Gasteiger partial charge in [-0.2, -0.15) is 0 Å². The number of fused-ring (bicyclic) bond motifs is 1. The molecule has 2 aromatic rings. The van der Waals surface area contributed by atoms with E-state index in [9.17, 15) is 4.79 Å². The molecule has 5 heteroatoms. The van der Waals surface area contributed by atoms with E-state index in [1.165, 1.54) is 19.3 Å². The highest BCUT2D eigenvalue weighted by molar-refractivity contribution is 7.22. The Morgan fingerprint density at radius 1 is 1.28 bits per heavy atom. The van der Waals surface area contributed by atoms with Crippen molar-refractivity contribution in [2.45, 2.75) is 19.3 Å². The van der Waals surface area contributed by atoms with E-state index in [1.807, 2.05) is 0 Å². The van der Waals surface area contributed by atoms with Gasteiger partial charge in [-0.3, -0.25) is 0 Å². The van der Waals surface area contributed by atoms with Gasteiger partial charge in [-0.05, 0) is 37.5 Å². The van der Waals surface area contributed by atoms with Crippen molar-refractivity contribution < 1.29 is 9.90 Å². The van der Waals surface area contributed by atoms with E-state index < -0.39 is 5.97 Å². The minimum absolute atomic E-state index is 0.330. The number of nitrogens with zero attached hydrogens (tertiary/aromatic N) is 2. The molecule has 1 N–H and O–H groups in total. The second-order valence-corrected chi connectivity index (χ2v) is 5.54. The molecule has 0 spiro atoms. The molecular formula is C13H14N2O2S. The molecule has 0 radical (unpaired) electrons. The summed E-state index contributed by atoms with van der Waals surface area (Å²) in [4.78, 5) is 17.8. The quantitative estimate of drug-likeness (QED) is 0.904. The van der Waals surface area contributed by atoms with Crippen LogP contribution in [0.3, 0.4) is 0 Å². The highest BCUT2D eigenvalue weighted by Gasteiger charge is 2.15. The van der Waals surface area contributed by atoms with Gasteiger partial charge in [-0.15, -0.1) is 0 Å². The number of thiazole rings is 1. The lowest BCUT2D eigenvalue weighted by molar-refractivity contribution is 0.0697. The molecule has 1 aliphatic heterocycles. The molecule has 1 aromatic carbocycles. The van der Waals surface area contributed by atoms with Crippen LogP contribution in [-0.2, 0) is 0 Å². The maximum atomic E-state index is 10.9. The van der Waals surface area contributed by atoms with Crippen molar-refractivity contribution in [2.75, 3.05) is 18.0 Å². The molecule has 18 heavy (non-hydrogen) atoms. The van der Waals surface area contributed by atoms with Crippen LogP contribution in [0.5, 0.6) is 0 Å². The summed E-state index contributed by atoms with van der Waals surface area (Å²) in [5.41, 5.74) is 1.22. The van der Waals surface area contributed by atoms with Crippen LogP contribution >= 0.6 is 11.3 Å². The normalized spacial score (nSPS) is 16.1. The second kappa shape index (κ2) is 4.57. The number of carboxylic acid groups (broad SMARTS) is 1. The molecule has 1 aliphatic rings. The van der Waals surface area contributed by atoms with Crippen molar-refractivity contribution in [3.05, 3.63) is 23.8 Å². The summed E-state index contributed by atoms with van der Waals surface area (Å²) in [6, 6.07) is 5.12. The van der Waals surface area contributed by atoms with E-state index in [0.717, 1.165) is 28.4 Å². The van der Waals surface area contributed by atoms with E-state index in [0.29, 0.717) is 5.56 Å². The van der Waals surface area contributed by atoms with Crippen molar-refractivity contribution in [3.63, 3.8) is 0 Å². The van der Waals surface area contributed by atoms with Gasteiger partial charge in [0, 0.05) is 13.1 Å². The third-order valence-electron chi connectivity index (χ3n) is 3.25. The first kappa shape index (κ1) is 11.5. The first-order chi connectivity index (χ1) is 8.74. The van der Waals surface area contributed by atoms with Crippen molar-refractivity contribution in [1.29, 1.82) is 0 Å². The SMILES string of the molecule is O=C(O)c1ccc2nc(N3CCCCC3)sc2c1. The lowest BCUT2D eigenvalue weighted by atomic mass is 10.1. The van der Waals surface area contributed by atoms with Crippen LogP contribution < -0.4 is 4.90 Å². The summed E-state index contributed by atoms with van der Waals surface area (Å²) in [5, 5.41) is 9.99. The van der Waals surface area contributed by atoms with E-state index in [-0.39, 0.29) is 0 Å². The van der Waals surface area contributed by atoms with Gasteiger partial charge in [0.05, 0.1) is 15.8 Å². The Labute approximate surface area is 109 Å². The number of aromatic carboxylic acids is 1. The molecule has 0 unspecified atom stereocenters. The summed E-state index contributed by atoms with van der Waals surface area (Å²) in [5.74, 6) is -0.884. The number of hydrogen-bond donors (Lipinski definition) is 1. The standard InChI is InChI=1S/C13H14N2O2S/c16-12(17)9-4-5-10-11(8-9)18-13(14-10)15-6-2-1-3-7-15/h4-5,8H,1-3,6-7H2,(H,16,17). The first-order valence-corrected chi connectivity index (χ1v) is 6.94. The fourth-order valence-electron chi connectivity index (χ4n) is 2.27. The van der Waals surface area contributed by atoms with Crippen LogP contribution in [0, 0.1) is 0 Å². The number of benzene rings is 1. The second-order valence-electron chi connectivity index (χ2n) is 4.53. The molecular weight excluding hydrogens is 248 g/mol. The van der Waals surface area contributed by atoms with Crippen LogP contribution in [0.2, 0.25) is 0 Å². The van der Waals surface area contributed by atoms with Crippen LogP contribution in [-0.4, -0.2) is 29.1 Å². The summed E-state index contributed by atoms with van der Waals surface area (Å²) >= 11 is 1.59. The Balaban J connectivity index is 1.97. The van der Waals surface area contributed by atoms with E-state index >= 15 is 0 Å². The molecule has 1 aromatic heterocycles. The number of carboxylic acids is 1. The molecule has 0 saturated carbocycles. The fraction of sp³-hybridized carbons (Fsp3) is 0.385. The largest absolute Gasteiger partial charge is 0.478 e. The lowest BCUT2D eigenvalue weighted by Crippen LogP contribution is -2.29. The van der Waals surface area contributed by atoms with Gasteiger partial charge in [0.15, 0.2) is 5.13 Å². The Hall–Kier alpha value is -1.62. The number of hydrogen-bond acceptors (Lipinski definition) is 4. The van der Waals surface area contributed by atoms with Crippen molar-refractivity contribution in [1.82, 2.24) is 4.98 Å². The molecule has 3 rings (SSSR count). The average Bonchev–Trinajstić information content (AvgIpc) is 2.82. The summed E-state index contributed by atoms with van der Waals surface area (Å²) in [7, 11) is 0. The van der Waals surface area contributed by atoms with Crippen molar-refractivity contribution in [2.24, 2.45) is 0 Å². The van der Waals surface area contributed by atoms with Crippen molar-refractivity contribution >= 4 is 32.7 Å². The number of carbonyl (C=O) groups is 1. The molecule has 0 bridgehead atoms. The van der Waals surface area contributed by atoms with Crippen LogP contribution in [0.1, 0.15) is 29.6 Å². The van der Waals surface area contributed by atoms with Crippen molar-refractivity contribution in [3.8, 4) is 0 Å². The number of aromatic nitrogens is 1. The molecule has 94 valence electrons. The predicted molar refractivity (Wildman–Crippen MR) is 72.6 cm³/mol. The molecule has 1 fully saturated rings. The van der Waals surface area contributed by atoms with E-state index in [2.05, 4.69) is 9.88 Å². The van der Waals surface area contributed by atoms with Crippen LogP contribution in [0.15, 0.2) is 18.2 Å². The topological polar surface area (TPSA) is 53.4 Å². The monoisotopic (exact) mass is 262 g/mol. The molecule has 1 saturated heterocycles. The molecule has 2 heterocycles. The maximum absolute atomic E-state index is 10.9. The third kappa shape index (κ3) is 2.06. The minimum atomic E-state index is -0.884. The zero-order valence-corrected chi connectivity index (χ0v) is 10.7. The predicted octanol–water partition coefficient (Wildman–Crippen LogP) is 2.98. The van der Waals surface area contributed by atoms with Crippen LogP contribution in [0.25, 0.3) is 10.2 Å². The maximum Gasteiger partial charge on any atom is 0.335 e. The smallest absolute Gasteiger partial charge is 0.335 e. The van der Waals surface area contributed by atoms with Gasteiger partial charge in [0.1, 0.15) is 0 Å². The van der Waals surface area contributed by atoms with Crippen LogP contribution in [0.4, 0.5) is 5.13 Å². The minimum Gasteiger partial charge on any atom is -0.478 e. The Morgan fingerprint density at radius 2 is 2.06 bits per heavy atom. The van der Waals surface area contributed by atoms with Gasteiger partial charge >= 0.3 is 5.97 Å². The Kier molecular flexibility index (Phi) is 2.91. The molecule has 0 atom stereocenters. The van der Waals surface area contributed by atoms with E-state index in [1.54, 1.807) is 29.5 Å². The van der Waals surface area contributed by atoms with Gasteiger partial charge in [-0.25, -0.2) is 9.78 Å². The highest BCUT2D eigenvalue weighted by atomic mass is 32.1. The zero-order valence-electron chi connectivity index (χ0n) is 9.93. The van der Waals surface area contributed by atoms with Gasteiger partial charge in [0.2, 0.25) is 0 Å². The number of anilines is 1. The Bertz CT molecular complexity index is 588. The number of piperidine rings is 1. The third-order valence-corrected chi connectivity index (χ3v) is 4.33. The summed E-state index contributed by atoms with van der Waals surface area (Å²) < 4.78 is 0.954. The van der Waals surface area contributed by atoms with Gasteiger partial charge in [-0.1, -0.05) is 11.3 Å². The van der Waals surface area contributed by atoms with Gasteiger partial charge in [0.25, 0.3) is 0 Å². The highest BCUT2D eigenvalue weighted by Crippen LogP contribution is 2.31. The summed E-state index contributed by atoms with van der Waals surface area (Å²) in [6.07, 6.45) is 3.73. The molecule has 4 nitrogen and oxygen atoms in total. The molecule has 0 aliphatic carbocycles. The average molecular weight is 262 g/mol. The lowest BCUT2D eigenvalue weighted by Gasteiger charge is -2.25. The van der Waals surface area contributed by atoms with E-state index in [4.69, 9.17) is 5.11 Å². The number of rotatable bonds is 2. The first-order valence-electron chi connectivity index (χ1n) is 6.13.